The first-order chi connectivity index (χ1) is 15.1. The van der Waals surface area contributed by atoms with Gasteiger partial charge in [0.15, 0.2) is 0 Å². The molecule has 0 fully saturated rings. The van der Waals surface area contributed by atoms with Crippen molar-refractivity contribution in [2.75, 3.05) is 5.32 Å². The number of rotatable bonds is 7. The van der Waals surface area contributed by atoms with Gasteiger partial charge in [0.1, 0.15) is 6.04 Å². The van der Waals surface area contributed by atoms with Crippen LogP contribution >= 0.6 is 11.6 Å². The van der Waals surface area contributed by atoms with Crippen LogP contribution in [0.4, 0.5) is 5.69 Å². The maximum Gasteiger partial charge on any atom is 0.242 e. The van der Waals surface area contributed by atoms with Gasteiger partial charge in [-0.25, -0.2) is 8.42 Å². The van der Waals surface area contributed by atoms with E-state index in [0.29, 0.717) is 27.4 Å². The maximum absolute atomic E-state index is 13.4. The molecule has 0 heterocycles. The zero-order valence-corrected chi connectivity index (χ0v) is 20.1. The van der Waals surface area contributed by atoms with Crippen molar-refractivity contribution in [2.45, 2.75) is 45.1 Å². The predicted molar refractivity (Wildman–Crippen MR) is 130 cm³/mol. The summed E-state index contributed by atoms with van der Waals surface area (Å²) in [4.78, 5) is 13.4. The highest BCUT2D eigenvalue weighted by Gasteiger charge is 2.28. The number of hydrogen-bond donors (Lipinski definition) is 2. The standard InChI is InChI=1S/C25H27ClN2O3S/c1-16-13-17(2)24(18(3)14-16)32(30,31)28-23(15-20-9-6-5-7-10-20)25(29)27-22-12-8-11-21(26)19(22)4/h5-14,23,28H,15H2,1-4H3,(H,27,29)/t23-/m1/s1. The highest BCUT2D eigenvalue weighted by Crippen LogP contribution is 2.25. The van der Waals surface area contributed by atoms with Gasteiger partial charge in [0, 0.05) is 10.7 Å². The molecule has 0 aliphatic carbocycles. The van der Waals surface area contributed by atoms with Crippen molar-refractivity contribution in [1.82, 2.24) is 4.72 Å². The van der Waals surface area contributed by atoms with Gasteiger partial charge in [-0.2, -0.15) is 4.72 Å². The van der Waals surface area contributed by atoms with Crippen molar-refractivity contribution in [1.29, 1.82) is 0 Å². The fourth-order valence-corrected chi connectivity index (χ4v) is 5.66. The van der Waals surface area contributed by atoms with Gasteiger partial charge < -0.3 is 5.32 Å². The Labute approximate surface area is 194 Å². The second-order valence-electron chi connectivity index (χ2n) is 7.99. The molecule has 0 saturated heterocycles. The lowest BCUT2D eigenvalue weighted by Gasteiger charge is -2.21. The van der Waals surface area contributed by atoms with Gasteiger partial charge in [-0.05, 0) is 68.5 Å². The quantitative estimate of drug-likeness (QED) is 0.504. The van der Waals surface area contributed by atoms with Crippen LogP contribution in [0.25, 0.3) is 0 Å². The molecule has 1 atom stereocenters. The van der Waals surface area contributed by atoms with Crippen LogP contribution in [-0.2, 0) is 21.2 Å². The van der Waals surface area contributed by atoms with E-state index < -0.39 is 22.0 Å². The summed E-state index contributed by atoms with van der Waals surface area (Å²) in [6.45, 7) is 7.24. The van der Waals surface area contributed by atoms with Crippen molar-refractivity contribution in [2.24, 2.45) is 0 Å². The third kappa shape index (κ3) is 5.57. The first-order valence-electron chi connectivity index (χ1n) is 10.3. The Kier molecular flexibility index (Phi) is 7.39. The molecule has 0 bridgehead atoms. The third-order valence-corrected chi connectivity index (χ3v) is 7.48. The lowest BCUT2D eigenvalue weighted by molar-refractivity contribution is -0.117. The Morgan fingerprint density at radius 1 is 0.938 bits per heavy atom. The average Bonchev–Trinajstić information content (AvgIpc) is 2.70. The zero-order chi connectivity index (χ0) is 23.5. The van der Waals surface area contributed by atoms with E-state index >= 15 is 0 Å². The lowest BCUT2D eigenvalue weighted by Crippen LogP contribution is -2.45. The number of anilines is 1. The Bertz CT molecular complexity index is 1220. The molecule has 168 valence electrons. The molecular formula is C25H27ClN2O3S. The van der Waals surface area contributed by atoms with Crippen LogP contribution in [0.3, 0.4) is 0 Å². The lowest BCUT2D eigenvalue weighted by atomic mass is 10.1. The number of nitrogens with one attached hydrogen (secondary N) is 2. The number of carbonyl (C=O) groups is 1. The van der Waals surface area contributed by atoms with E-state index in [0.717, 1.165) is 11.1 Å². The molecule has 0 aliphatic heterocycles. The van der Waals surface area contributed by atoms with Gasteiger partial charge in [-0.15, -0.1) is 0 Å². The molecule has 5 nitrogen and oxygen atoms in total. The van der Waals surface area contributed by atoms with E-state index in [9.17, 15) is 13.2 Å². The molecule has 3 aromatic rings. The predicted octanol–water partition coefficient (Wildman–Crippen LogP) is 5.10. The summed E-state index contributed by atoms with van der Waals surface area (Å²) in [6, 6.07) is 17.2. The Morgan fingerprint density at radius 2 is 1.56 bits per heavy atom. The summed E-state index contributed by atoms with van der Waals surface area (Å²) in [5.74, 6) is -0.454. The average molecular weight is 471 g/mol. The van der Waals surface area contributed by atoms with Gasteiger partial charge in [-0.1, -0.05) is 65.7 Å². The number of hydrogen-bond acceptors (Lipinski definition) is 3. The molecule has 0 unspecified atom stereocenters. The van der Waals surface area contributed by atoms with Gasteiger partial charge in [-0.3, -0.25) is 4.79 Å². The van der Waals surface area contributed by atoms with Crippen LogP contribution < -0.4 is 10.0 Å². The van der Waals surface area contributed by atoms with E-state index in [4.69, 9.17) is 11.6 Å². The van der Waals surface area contributed by atoms with Crippen LogP contribution in [-0.4, -0.2) is 20.4 Å². The van der Waals surface area contributed by atoms with Gasteiger partial charge in [0.05, 0.1) is 4.90 Å². The highest BCUT2D eigenvalue weighted by atomic mass is 35.5. The number of halogens is 1. The number of benzene rings is 3. The van der Waals surface area contributed by atoms with E-state index in [1.165, 1.54) is 0 Å². The monoisotopic (exact) mass is 470 g/mol. The van der Waals surface area contributed by atoms with Gasteiger partial charge in [0.2, 0.25) is 15.9 Å². The van der Waals surface area contributed by atoms with Crippen molar-refractivity contribution in [3.05, 3.63) is 93.5 Å². The first-order valence-corrected chi connectivity index (χ1v) is 12.1. The van der Waals surface area contributed by atoms with Crippen LogP contribution in [0.15, 0.2) is 65.6 Å². The van der Waals surface area contributed by atoms with Crippen molar-refractivity contribution in [3.63, 3.8) is 0 Å². The number of sulfonamides is 1. The first kappa shape index (κ1) is 24.0. The molecule has 32 heavy (non-hydrogen) atoms. The summed E-state index contributed by atoms with van der Waals surface area (Å²) in [5.41, 5.74) is 4.36. The number of amides is 1. The zero-order valence-electron chi connectivity index (χ0n) is 18.6. The minimum atomic E-state index is -3.95. The van der Waals surface area contributed by atoms with E-state index in [2.05, 4.69) is 10.0 Å². The highest BCUT2D eigenvalue weighted by molar-refractivity contribution is 7.89. The summed E-state index contributed by atoms with van der Waals surface area (Å²) in [5, 5.41) is 3.36. The van der Waals surface area contributed by atoms with E-state index in [-0.39, 0.29) is 11.3 Å². The van der Waals surface area contributed by atoms with Crippen molar-refractivity contribution < 1.29 is 13.2 Å². The Morgan fingerprint density at radius 3 is 2.19 bits per heavy atom. The summed E-state index contributed by atoms with van der Waals surface area (Å²) in [7, 11) is -3.95. The smallest absolute Gasteiger partial charge is 0.242 e. The molecule has 0 spiro atoms. The van der Waals surface area contributed by atoms with Crippen LogP contribution in [0.5, 0.6) is 0 Å². The minimum Gasteiger partial charge on any atom is -0.324 e. The molecule has 0 radical (unpaired) electrons. The molecule has 1 amide bonds. The van der Waals surface area contributed by atoms with Crippen molar-refractivity contribution >= 4 is 33.2 Å². The Balaban J connectivity index is 1.96. The van der Waals surface area contributed by atoms with Crippen LogP contribution in [0, 0.1) is 27.7 Å². The topological polar surface area (TPSA) is 75.3 Å². The number of carbonyl (C=O) groups excluding carboxylic acids is 1. The van der Waals surface area contributed by atoms with Crippen molar-refractivity contribution in [3.8, 4) is 0 Å². The fourth-order valence-electron chi connectivity index (χ4n) is 3.84. The minimum absolute atomic E-state index is 0.202. The second-order valence-corrected chi connectivity index (χ2v) is 10.1. The summed E-state index contributed by atoms with van der Waals surface area (Å²) in [6.07, 6.45) is 0.204. The maximum atomic E-state index is 13.4. The molecule has 3 rings (SSSR count). The largest absolute Gasteiger partial charge is 0.324 e. The molecular weight excluding hydrogens is 444 g/mol. The SMILES string of the molecule is Cc1cc(C)c(S(=O)(=O)N[C@H](Cc2ccccc2)C(=O)Nc2cccc(Cl)c2C)c(C)c1. The van der Waals surface area contributed by atoms with Gasteiger partial charge in [0.25, 0.3) is 0 Å². The third-order valence-electron chi connectivity index (χ3n) is 5.30. The normalized spacial score (nSPS) is 12.4. The molecule has 3 aromatic carbocycles. The van der Waals surface area contributed by atoms with Gasteiger partial charge >= 0.3 is 0 Å². The number of aryl methyl sites for hydroxylation is 3. The summed E-state index contributed by atoms with van der Waals surface area (Å²) >= 11 is 6.18. The second kappa shape index (κ2) is 9.86. The molecule has 0 aliphatic rings. The van der Waals surface area contributed by atoms with Crippen LogP contribution in [0.2, 0.25) is 5.02 Å². The van der Waals surface area contributed by atoms with E-state index in [1.54, 1.807) is 39.0 Å². The fraction of sp³-hybridized carbons (Fsp3) is 0.240. The Hall–Kier alpha value is -2.67. The van der Waals surface area contributed by atoms with Crippen LogP contribution in [0.1, 0.15) is 27.8 Å². The van der Waals surface area contributed by atoms with E-state index in [1.807, 2.05) is 49.4 Å². The molecule has 2 N–H and O–H groups in total. The molecule has 0 saturated carbocycles. The molecule has 7 heteroatoms. The molecule has 0 aromatic heterocycles. The summed E-state index contributed by atoms with van der Waals surface area (Å²) < 4.78 is 29.3.